The fraction of sp³-hybridized carbons (Fsp3) is 0.444. The van der Waals surface area contributed by atoms with Crippen LogP contribution >= 0.6 is 0 Å². The quantitative estimate of drug-likeness (QED) is 0.741. The summed E-state index contributed by atoms with van der Waals surface area (Å²) in [5, 5.41) is 3.20. The van der Waals surface area contributed by atoms with Crippen LogP contribution in [0.1, 0.15) is 13.8 Å². The van der Waals surface area contributed by atoms with Gasteiger partial charge in [0.05, 0.1) is 24.7 Å². The Morgan fingerprint density at radius 3 is 2.77 bits per heavy atom. The first-order valence-electron chi connectivity index (χ1n) is 4.19. The van der Waals surface area contributed by atoms with Crippen LogP contribution in [-0.4, -0.2) is 18.1 Å². The predicted molar refractivity (Wildman–Crippen MR) is 54.0 cm³/mol. The highest BCUT2D eigenvalue weighted by Gasteiger charge is 2.03. The Balaban J connectivity index is 2.90. The molecule has 0 aliphatic rings. The van der Waals surface area contributed by atoms with Crippen molar-refractivity contribution in [2.45, 2.75) is 19.9 Å². The maximum atomic E-state index is 5.71. The van der Waals surface area contributed by atoms with Gasteiger partial charge in [0.25, 0.3) is 0 Å². The molecule has 72 valence electrons. The molecule has 0 amide bonds. The number of hydrogen-bond acceptors (Lipinski definition) is 4. The maximum Gasteiger partial charge on any atom is 0.215 e. The fourth-order valence-corrected chi connectivity index (χ4v) is 0.994. The van der Waals surface area contributed by atoms with Gasteiger partial charge < -0.3 is 15.8 Å². The van der Waals surface area contributed by atoms with Crippen LogP contribution in [-0.2, 0) is 0 Å². The molecule has 1 aromatic heterocycles. The van der Waals surface area contributed by atoms with Gasteiger partial charge in [-0.15, -0.1) is 0 Å². The van der Waals surface area contributed by atoms with Crippen LogP contribution in [0.25, 0.3) is 0 Å². The predicted octanol–water partition coefficient (Wildman–Crippen LogP) is 1.49. The van der Waals surface area contributed by atoms with E-state index in [1.807, 2.05) is 13.8 Å². The number of nitrogen functional groups attached to an aromatic ring is 1. The summed E-state index contributed by atoms with van der Waals surface area (Å²) in [5.41, 5.74) is 7.21. The van der Waals surface area contributed by atoms with Gasteiger partial charge in [-0.25, -0.2) is 4.98 Å². The second-order valence-electron chi connectivity index (χ2n) is 3.11. The van der Waals surface area contributed by atoms with Gasteiger partial charge in [0.15, 0.2) is 0 Å². The summed E-state index contributed by atoms with van der Waals surface area (Å²) in [6, 6.07) is 2.13. The molecule has 0 aliphatic heterocycles. The first kappa shape index (κ1) is 9.64. The molecule has 1 rings (SSSR count). The van der Waals surface area contributed by atoms with E-state index in [1.54, 1.807) is 19.4 Å². The standard InChI is InChI=1S/C9H15N3O/c1-6(2)12-8-4-9(13-3)11-5-7(8)10/h4-6H,10H2,1-3H3,(H,11,12). The number of hydrogen-bond donors (Lipinski definition) is 2. The molecule has 4 nitrogen and oxygen atoms in total. The van der Waals surface area contributed by atoms with Gasteiger partial charge in [0.2, 0.25) is 5.88 Å². The SMILES string of the molecule is COc1cc(NC(C)C)c(N)cn1. The fourth-order valence-electron chi connectivity index (χ4n) is 0.994. The summed E-state index contributed by atoms with van der Waals surface area (Å²) in [4.78, 5) is 3.98. The van der Waals surface area contributed by atoms with Gasteiger partial charge in [0.1, 0.15) is 0 Å². The molecule has 1 heterocycles. The molecule has 0 saturated carbocycles. The number of aromatic nitrogens is 1. The summed E-state index contributed by atoms with van der Waals surface area (Å²) in [6.07, 6.45) is 1.59. The van der Waals surface area contributed by atoms with E-state index in [0.29, 0.717) is 17.6 Å². The molecular weight excluding hydrogens is 166 g/mol. The Bertz CT molecular complexity index is 286. The molecule has 0 aromatic carbocycles. The third-order valence-corrected chi connectivity index (χ3v) is 1.56. The van der Waals surface area contributed by atoms with Crippen LogP contribution in [0, 0.1) is 0 Å². The third-order valence-electron chi connectivity index (χ3n) is 1.56. The van der Waals surface area contributed by atoms with Gasteiger partial charge in [0, 0.05) is 12.1 Å². The molecule has 0 aliphatic carbocycles. The van der Waals surface area contributed by atoms with Crippen molar-refractivity contribution in [1.29, 1.82) is 0 Å². The highest BCUT2D eigenvalue weighted by atomic mass is 16.5. The van der Waals surface area contributed by atoms with Crippen molar-refractivity contribution in [3.8, 4) is 5.88 Å². The van der Waals surface area contributed by atoms with E-state index in [4.69, 9.17) is 10.5 Å². The van der Waals surface area contributed by atoms with E-state index < -0.39 is 0 Å². The topological polar surface area (TPSA) is 60.2 Å². The molecule has 0 spiro atoms. The average molecular weight is 181 g/mol. The number of ether oxygens (including phenoxy) is 1. The Labute approximate surface area is 78.1 Å². The highest BCUT2D eigenvalue weighted by molar-refractivity contribution is 5.66. The number of rotatable bonds is 3. The molecule has 0 unspecified atom stereocenters. The molecule has 13 heavy (non-hydrogen) atoms. The molecule has 0 radical (unpaired) electrons. The van der Waals surface area contributed by atoms with E-state index in [2.05, 4.69) is 10.3 Å². The van der Waals surface area contributed by atoms with E-state index in [1.165, 1.54) is 0 Å². The van der Waals surface area contributed by atoms with E-state index >= 15 is 0 Å². The number of nitrogens with two attached hydrogens (primary N) is 1. The van der Waals surface area contributed by atoms with Gasteiger partial charge in [-0.2, -0.15) is 0 Å². The smallest absolute Gasteiger partial charge is 0.215 e. The van der Waals surface area contributed by atoms with Crippen LogP contribution in [0.5, 0.6) is 5.88 Å². The average Bonchev–Trinajstić information content (AvgIpc) is 2.08. The third kappa shape index (κ3) is 2.50. The zero-order chi connectivity index (χ0) is 9.84. The number of nitrogens with zero attached hydrogens (tertiary/aromatic N) is 1. The second-order valence-corrected chi connectivity index (χ2v) is 3.11. The Kier molecular flexibility index (Phi) is 2.95. The Morgan fingerprint density at radius 1 is 1.54 bits per heavy atom. The van der Waals surface area contributed by atoms with E-state index in [9.17, 15) is 0 Å². The van der Waals surface area contributed by atoms with Gasteiger partial charge >= 0.3 is 0 Å². The molecule has 0 atom stereocenters. The second kappa shape index (κ2) is 3.98. The molecule has 3 N–H and O–H groups in total. The zero-order valence-corrected chi connectivity index (χ0v) is 8.16. The van der Waals surface area contributed by atoms with Crippen LogP contribution in [0.2, 0.25) is 0 Å². The first-order chi connectivity index (χ1) is 6.13. The molecule has 0 fully saturated rings. The van der Waals surface area contributed by atoms with Crippen molar-refractivity contribution >= 4 is 11.4 Å². The lowest BCUT2D eigenvalue weighted by molar-refractivity contribution is 0.398. The maximum absolute atomic E-state index is 5.71. The molecule has 4 heteroatoms. The van der Waals surface area contributed by atoms with Gasteiger partial charge in [-0.1, -0.05) is 0 Å². The van der Waals surface area contributed by atoms with Crippen molar-refractivity contribution in [2.75, 3.05) is 18.2 Å². The summed E-state index contributed by atoms with van der Waals surface area (Å²) in [6.45, 7) is 4.10. The van der Waals surface area contributed by atoms with Crippen molar-refractivity contribution in [3.63, 3.8) is 0 Å². The Morgan fingerprint density at radius 2 is 2.23 bits per heavy atom. The van der Waals surface area contributed by atoms with Crippen LogP contribution in [0.3, 0.4) is 0 Å². The van der Waals surface area contributed by atoms with Crippen molar-refractivity contribution in [3.05, 3.63) is 12.3 Å². The normalized spacial score (nSPS) is 10.2. The molecular formula is C9H15N3O. The van der Waals surface area contributed by atoms with Crippen LogP contribution < -0.4 is 15.8 Å². The minimum atomic E-state index is 0.342. The lowest BCUT2D eigenvalue weighted by atomic mass is 10.3. The number of nitrogens with one attached hydrogen (secondary N) is 1. The zero-order valence-electron chi connectivity index (χ0n) is 8.16. The highest BCUT2D eigenvalue weighted by Crippen LogP contribution is 2.22. The van der Waals surface area contributed by atoms with E-state index in [-0.39, 0.29) is 0 Å². The Hall–Kier alpha value is -1.45. The lowest BCUT2D eigenvalue weighted by Crippen LogP contribution is -2.11. The summed E-state index contributed by atoms with van der Waals surface area (Å²) in [7, 11) is 1.58. The monoisotopic (exact) mass is 181 g/mol. The molecule has 1 aromatic rings. The lowest BCUT2D eigenvalue weighted by Gasteiger charge is -2.12. The van der Waals surface area contributed by atoms with Gasteiger partial charge in [-0.3, -0.25) is 0 Å². The van der Waals surface area contributed by atoms with Gasteiger partial charge in [-0.05, 0) is 13.8 Å². The molecule has 0 saturated heterocycles. The van der Waals surface area contributed by atoms with Crippen LogP contribution in [0.4, 0.5) is 11.4 Å². The number of anilines is 2. The summed E-state index contributed by atoms with van der Waals surface area (Å²) < 4.78 is 4.98. The van der Waals surface area contributed by atoms with Crippen molar-refractivity contribution < 1.29 is 4.74 Å². The van der Waals surface area contributed by atoms with Crippen molar-refractivity contribution in [1.82, 2.24) is 4.98 Å². The minimum Gasteiger partial charge on any atom is -0.481 e. The van der Waals surface area contributed by atoms with E-state index in [0.717, 1.165) is 5.69 Å². The van der Waals surface area contributed by atoms with Crippen LogP contribution in [0.15, 0.2) is 12.3 Å². The largest absolute Gasteiger partial charge is 0.481 e. The van der Waals surface area contributed by atoms with Crippen molar-refractivity contribution in [2.24, 2.45) is 0 Å². The number of pyridine rings is 1. The summed E-state index contributed by atoms with van der Waals surface area (Å²) in [5.74, 6) is 0.567. The first-order valence-corrected chi connectivity index (χ1v) is 4.19. The molecule has 0 bridgehead atoms. The number of methoxy groups -OCH3 is 1. The minimum absolute atomic E-state index is 0.342. The summed E-state index contributed by atoms with van der Waals surface area (Å²) >= 11 is 0.